The molecule has 0 N–H and O–H groups in total. The van der Waals surface area contributed by atoms with Crippen LogP contribution in [-0.4, -0.2) is 6.29 Å². The van der Waals surface area contributed by atoms with E-state index in [0.29, 0.717) is 5.92 Å². The predicted molar refractivity (Wildman–Crippen MR) is 70.8 cm³/mol. The van der Waals surface area contributed by atoms with Crippen LogP contribution in [0.2, 0.25) is 0 Å². The fourth-order valence-electron chi connectivity index (χ4n) is 1.51. The van der Waals surface area contributed by atoms with Crippen LogP contribution in [0.25, 0.3) is 0 Å². The third-order valence-corrected chi connectivity index (χ3v) is 2.29. The molecule has 1 aromatic rings. The first kappa shape index (κ1) is 14.9. The van der Waals surface area contributed by atoms with Crippen molar-refractivity contribution < 1.29 is 4.79 Å². The van der Waals surface area contributed by atoms with Gasteiger partial charge in [-0.1, -0.05) is 52.0 Å². The van der Waals surface area contributed by atoms with E-state index in [0.717, 1.165) is 12.2 Å². The van der Waals surface area contributed by atoms with E-state index in [1.165, 1.54) is 24.5 Å². The smallest absolute Gasteiger partial charge is 0.116 e. The highest BCUT2D eigenvalue weighted by atomic mass is 16.1. The maximum atomic E-state index is 8.81. The molecule has 0 amide bonds. The molecule has 0 unspecified atom stereocenters. The van der Waals surface area contributed by atoms with Gasteiger partial charge in [-0.05, 0) is 36.3 Å². The van der Waals surface area contributed by atoms with Crippen LogP contribution in [0.3, 0.4) is 0 Å². The van der Waals surface area contributed by atoms with E-state index in [-0.39, 0.29) is 0 Å². The van der Waals surface area contributed by atoms with E-state index in [1.54, 1.807) is 0 Å². The molecule has 90 valence electrons. The molecule has 0 aliphatic rings. The Labute approximate surface area is 99.9 Å². The van der Waals surface area contributed by atoms with Gasteiger partial charge in [0.1, 0.15) is 6.29 Å². The zero-order valence-electron chi connectivity index (χ0n) is 11.2. The number of aldehydes is 1. The van der Waals surface area contributed by atoms with Gasteiger partial charge in [0.25, 0.3) is 0 Å². The van der Waals surface area contributed by atoms with Crippen LogP contribution in [0, 0.1) is 5.92 Å². The van der Waals surface area contributed by atoms with Crippen LogP contribution >= 0.6 is 0 Å². The molecule has 1 nitrogen and oxygen atoms in total. The molecular formula is C15H24O. The summed E-state index contributed by atoms with van der Waals surface area (Å²) in [5.41, 5.74) is 2.90. The molecule has 0 saturated carbocycles. The lowest BCUT2D eigenvalue weighted by Crippen LogP contribution is -1.94. The van der Waals surface area contributed by atoms with Crippen LogP contribution in [0.5, 0.6) is 0 Å². The average molecular weight is 220 g/mol. The maximum Gasteiger partial charge on any atom is 0.116 e. The van der Waals surface area contributed by atoms with Gasteiger partial charge in [0.05, 0.1) is 0 Å². The molecule has 1 aromatic carbocycles. The zero-order chi connectivity index (χ0) is 12.6. The Hall–Kier alpha value is -1.11. The highest BCUT2D eigenvalue weighted by molar-refractivity contribution is 5.44. The Morgan fingerprint density at radius 1 is 1.06 bits per heavy atom. The molecule has 16 heavy (non-hydrogen) atoms. The molecule has 0 bridgehead atoms. The SMILES string of the molecule is CC(C)Cc1ccc(C(C)C)cc1.CC=O. The van der Waals surface area contributed by atoms with Crippen molar-refractivity contribution in [3.05, 3.63) is 35.4 Å². The first-order valence-corrected chi connectivity index (χ1v) is 5.99. The molecule has 0 aliphatic carbocycles. The molecule has 0 atom stereocenters. The molecule has 0 radical (unpaired) electrons. The highest BCUT2D eigenvalue weighted by Gasteiger charge is 2.00. The van der Waals surface area contributed by atoms with Crippen LogP contribution in [0.4, 0.5) is 0 Å². The van der Waals surface area contributed by atoms with E-state index in [2.05, 4.69) is 52.0 Å². The molecule has 1 rings (SSSR count). The van der Waals surface area contributed by atoms with Crippen molar-refractivity contribution in [1.82, 2.24) is 0 Å². The van der Waals surface area contributed by atoms with Crippen molar-refractivity contribution in [3.8, 4) is 0 Å². The third kappa shape index (κ3) is 6.39. The van der Waals surface area contributed by atoms with Crippen molar-refractivity contribution in [2.45, 2.75) is 47.0 Å². The Morgan fingerprint density at radius 3 is 1.81 bits per heavy atom. The van der Waals surface area contributed by atoms with Gasteiger partial charge in [0.15, 0.2) is 0 Å². The van der Waals surface area contributed by atoms with Gasteiger partial charge in [-0.2, -0.15) is 0 Å². The summed E-state index contributed by atoms with van der Waals surface area (Å²) < 4.78 is 0. The number of hydrogen-bond acceptors (Lipinski definition) is 1. The molecule has 0 saturated heterocycles. The minimum atomic E-state index is 0.646. The van der Waals surface area contributed by atoms with Gasteiger partial charge < -0.3 is 4.79 Å². The molecule has 0 spiro atoms. The van der Waals surface area contributed by atoms with Crippen molar-refractivity contribution in [1.29, 1.82) is 0 Å². The summed E-state index contributed by atoms with van der Waals surface area (Å²) in [6, 6.07) is 9.02. The molecule has 1 heteroatoms. The second-order valence-electron chi connectivity index (χ2n) is 4.73. The number of carbonyl (C=O) groups is 1. The van der Waals surface area contributed by atoms with Gasteiger partial charge >= 0.3 is 0 Å². The second-order valence-corrected chi connectivity index (χ2v) is 4.73. The summed E-state index contributed by atoms with van der Waals surface area (Å²) in [6.45, 7) is 10.4. The molecule has 0 heterocycles. The Bertz CT molecular complexity index is 283. The van der Waals surface area contributed by atoms with Crippen LogP contribution in [-0.2, 0) is 11.2 Å². The zero-order valence-corrected chi connectivity index (χ0v) is 11.2. The van der Waals surface area contributed by atoms with E-state index in [1.807, 2.05) is 0 Å². The Morgan fingerprint density at radius 2 is 1.50 bits per heavy atom. The van der Waals surface area contributed by atoms with Crippen LogP contribution < -0.4 is 0 Å². The number of benzene rings is 1. The van der Waals surface area contributed by atoms with Gasteiger partial charge in [-0.15, -0.1) is 0 Å². The van der Waals surface area contributed by atoms with Gasteiger partial charge in [-0.3, -0.25) is 0 Å². The van der Waals surface area contributed by atoms with Crippen molar-refractivity contribution in [2.75, 3.05) is 0 Å². The van der Waals surface area contributed by atoms with E-state index in [9.17, 15) is 0 Å². The minimum absolute atomic E-state index is 0.646. The lowest BCUT2D eigenvalue weighted by Gasteiger charge is -2.08. The molecule has 0 aromatic heterocycles. The van der Waals surface area contributed by atoms with Crippen molar-refractivity contribution in [2.24, 2.45) is 5.92 Å². The fourth-order valence-corrected chi connectivity index (χ4v) is 1.51. The molecule has 0 fully saturated rings. The quantitative estimate of drug-likeness (QED) is 0.697. The largest absolute Gasteiger partial charge is 0.304 e. The first-order chi connectivity index (χ1) is 7.51. The maximum absolute atomic E-state index is 8.81. The summed E-state index contributed by atoms with van der Waals surface area (Å²) in [5.74, 6) is 1.40. The second kappa shape index (κ2) is 8.09. The summed E-state index contributed by atoms with van der Waals surface area (Å²) in [7, 11) is 0. The minimum Gasteiger partial charge on any atom is -0.304 e. The first-order valence-electron chi connectivity index (χ1n) is 5.99. The monoisotopic (exact) mass is 220 g/mol. The lowest BCUT2D eigenvalue weighted by molar-refractivity contribution is -0.106. The summed E-state index contributed by atoms with van der Waals surface area (Å²) in [5, 5.41) is 0. The summed E-state index contributed by atoms with van der Waals surface area (Å²) in [6.07, 6.45) is 1.94. The van der Waals surface area contributed by atoms with Crippen LogP contribution in [0.15, 0.2) is 24.3 Å². The third-order valence-electron chi connectivity index (χ3n) is 2.29. The number of rotatable bonds is 3. The summed E-state index contributed by atoms with van der Waals surface area (Å²) >= 11 is 0. The standard InChI is InChI=1S/C13H20.C2H4O/c1-10(2)9-12-5-7-13(8-6-12)11(3)4;1-2-3/h5-8,10-11H,9H2,1-4H3;2H,1H3. The topological polar surface area (TPSA) is 17.1 Å². The molecular weight excluding hydrogens is 196 g/mol. The number of carbonyl (C=O) groups excluding carboxylic acids is 1. The summed E-state index contributed by atoms with van der Waals surface area (Å²) in [4.78, 5) is 8.81. The van der Waals surface area contributed by atoms with Gasteiger partial charge in [0.2, 0.25) is 0 Å². The van der Waals surface area contributed by atoms with E-state index in [4.69, 9.17) is 4.79 Å². The fraction of sp³-hybridized carbons (Fsp3) is 0.533. The van der Waals surface area contributed by atoms with Crippen molar-refractivity contribution >= 4 is 6.29 Å². The lowest BCUT2D eigenvalue weighted by atomic mass is 9.98. The number of hydrogen-bond donors (Lipinski definition) is 0. The van der Waals surface area contributed by atoms with Gasteiger partial charge in [0, 0.05) is 0 Å². The highest BCUT2D eigenvalue weighted by Crippen LogP contribution is 2.16. The Balaban J connectivity index is 0.000000673. The average Bonchev–Trinajstić information content (AvgIpc) is 2.18. The van der Waals surface area contributed by atoms with E-state index >= 15 is 0 Å². The van der Waals surface area contributed by atoms with Crippen molar-refractivity contribution in [3.63, 3.8) is 0 Å². The molecule has 0 aliphatic heterocycles. The van der Waals surface area contributed by atoms with E-state index < -0.39 is 0 Å². The Kier molecular flexibility index (Phi) is 7.53. The van der Waals surface area contributed by atoms with Gasteiger partial charge in [-0.25, -0.2) is 0 Å². The predicted octanol–water partition coefficient (Wildman–Crippen LogP) is 4.21. The van der Waals surface area contributed by atoms with Crippen LogP contribution in [0.1, 0.15) is 51.7 Å². The normalized spacial score (nSPS) is 9.94.